The van der Waals surface area contributed by atoms with Crippen LogP contribution in [0.5, 0.6) is 0 Å². The number of aliphatic imine (C=N–C) groups is 1. The van der Waals surface area contributed by atoms with Crippen molar-refractivity contribution < 1.29 is 4.79 Å². The number of carbonyl (C=O) groups excluding carboxylic acids is 1. The molecule has 0 bridgehead atoms. The highest BCUT2D eigenvalue weighted by Crippen LogP contribution is 2.08. The molecule has 92 valence electrons. The van der Waals surface area contributed by atoms with Crippen molar-refractivity contribution in [1.29, 1.82) is 0 Å². The van der Waals surface area contributed by atoms with Gasteiger partial charge in [-0.25, -0.2) is 5.84 Å². The van der Waals surface area contributed by atoms with E-state index in [4.69, 9.17) is 5.84 Å². The smallest absolute Gasteiger partial charge is 0.242 e. The molecule has 1 unspecified atom stereocenters. The molecule has 0 aromatic carbocycles. The molecule has 4 N–H and O–H groups in total. The largest absolute Gasteiger partial charge is 0.353 e. The predicted octanol–water partition coefficient (Wildman–Crippen LogP) is -0.574. The van der Waals surface area contributed by atoms with Crippen molar-refractivity contribution in [2.45, 2.75) is 32.7 Å². The molecule has 1 fully saturated rings. The lowest BCUT2D eigenvalue weighted by Crippen LogP contribution is -2.60. The first-order valence-corrected chi connectivity index (χ1v) is 5.80. The lowest BCUT2D eigenvalue weighted by molar-refractivity contribution is -0.127. The minimum absolute atomic E-state index is 0.0493. The fourth-order valence-electron chi connectivity index (χ4n) is 1.81. The van der Waals surface area contributed by atoms with Gasteiger partial charge >= 0.3 is 0 Å². The number of rotatable bonds is 3. The number of piperazine rings is 1. The van der Waals surface area contributed by atoms with Crippen LogP contribution in [0, 0.1) is 0 Å². The third-order valence-electron chi connectivity index (χ3n) is 2.60. The Kier molecular flexibility index (Phi) is 5.04. The van der Waals surface area contributed by atoms with E-state index in [0.29, 0.717) is 19.0 Å². The van der Waals surface area contributed by atoms with Crippen LogP contribution in [0.3, 0.4) is 0 Å². The van der Waals surface area contributed by atoms with Gasteiger partial charge in [0.15, 0.2) is 0 Å². The van der Waals surface area contributed by atoms with E-state index in [1.807, 2.05) is 11.8 Å². The van der Waals surface area contributed by atoms with E-state index >= 15 is 0 Å². The predicted molar refractivity (Wildman–Crippen MR) is 63.7 cm³/mol. The summed E-state index contributed by atoms with van der Waals surface area (Å²) >= 11 is 0. The first-order valence-electron chi connectivity index (χ1n) is 5.80. The Balaban J connectivity index is 2.77. The molecule has 0 spiro atoms. The van der Waals surface area contributed by atoms with Crippen LogP contribution in [0.4, 0.5) is 0 Å². The second-order valence-corrected chi connectivity index (χ2v) is 3.76. The summed E-state index contributed by atoms with van der Waals surface area (Å²) in [6, 6.07) is -0.166. The number of nitrogens with zero attached hydrogens (tertiary/aromatic N) is 2. The van der Waals surface area contributed by atoms with Gasteiger partial charge in [0.2, 0.25) is 11.9 Å². The standard InChI is InChI=1S/C10H21N5O/c1-3-5-13-10(14-11)15-7-6-12-9(16)8(15)4-2/h8H,3-7,11H2,1-2H3,(H,12,16)(H,13,14). The van der Waals surface area contributed by atoms with Crippen LogP contribution in [0.15, 0.2) is 4.99 Å². The molecule has 1 heterocycles. The quantitative estimate of drug-likeness (QED) is 0.261. The first-order chi connectivity index (χ1) is 7.74. The van der Waals surface area contributed by atoms with Gasteiger partial charge in [-0.05, 0) is 12.8 Å². The molecule has 1 aliphatic rings. The number of hydrazine groups is 1. The fourth-order valence-corrected chi connectivity index (χ4v) is 1.81. The van der Waals surface area contributed by atoms with E-state index in [1.54, 1.807) is 0 Å². The lowest BCUT2D eigenvalue weighted by Gasteiger charge is -2.36. The molecule has 1 atom stereocenters. The number of hydrogen-bond acceptors (Lipinski definition) is 3. The highest BCUT2D eigenvalue weighted by molar-refractivity contribution is 5.89. The van der Waals surface area contributed by atoms with Crippen LogP contribution in [0.1, 0.15) is 26.7 Å². The molecule has 0 aromatic rings. The summed E-state index contributed by atoms with van der Waals surface area (Å²) in [5.74, 6) is 6.12. The fraction of sp³-hybridized carbons (Fsp3) is 0.800. The summed E-state index contributed by atoms with van der Waals surface area (Å²) in [6.07, 6.45) is 1.71. The Morgan fingerprint density at radius 3 is 3.00 bits per heavy atom. The molecular formula is C10H21N5O. The molecule has 6 heteroatoms. The molecule has 1 aliphatic heterocycles. The van der Waals surface area contributed by atoms with Crippen LogP contribution >= 0.6 is 0 Å². The zero-order valence-corrected chi connectivity index (χ0v) is 9.99. The van der Waals surface area contributed by atoms with E-state index in [0.717, 1.165) is 19.4 Å². The minimum atomic E-state index is -0.166. The molecule has 0 aliphatic carbocycles. The van der Waals surface area contributed by atoms with Gasteiger partial charge in [0.05, 0.1) is 0 Å². The molecule has 0 radical (unpaired) electrons. The third kappa shape index (κ3) is 2.85. The van der Waals surface area contributed by atoms with Gasteiger partial charge < -0.3 is 10.2 Å². The Morgan fingerprint density at radius 2 is 2.44 bits per heavy atom. The maximum Gasteiger partial charge on any atom is 0.242 e. The molecule has 0 saturated carbocycles. The van der Waals surface area contributed by atoms with Gasteiger partial charge in [-0.15, -0.1) is 0 Å². The van der Waals surface area contributed by atoms with Crippen molar-refractivity contribution in [2.75, 3.05) is 19.6 Å². The van der Waals surface area contributed by atoms with Gasteiger partial charge in [0.1, 0.15) is 6.04 Å². The zero-order chi connectivity index (χ0) is 12.0. The highest BCUT2D eigenvalue weighted by atomic mass is 16.2. The van der Waals surface area contributed by atoms with Crippen LogP contribution < -0.4 is 16.6 Å². The summed E-state index contributed by atoms with van der Waals surface area (Å²) in [5, 5.41) is 2.84. The van der Waals surface area contributed by atoms with Crippen LogP contribution in [0.2, 0.25) is 0 Å². The summed E-state index contributed by atoms with van der Waals surface area (Å²) < 4.78 is 0. The SMILES string of the molecule is CCCN=C(NN)N1CCNC(=O)C1CC. The molecule has 16 heavy (non-hydrogen) atoms. The van der Waals surface area contributed by atoms with E-state index in [2.05, 4.69) is 22.7 Å². The molecule has 1 amide bonds. The molecule has 1 rings (SSSR count). The number of hydrogen-bond donors (Lipinski definition) is 3. The number of carbonyl (C=O) groups is 1. The van der Waals surface area contributed by atoms with E-state index in [-0.39, 0.29) is 11.9 Å². The van der Waals surface area contributed by atoms with Gasteiger partial charge in [0, 0.05) is 19.6 Å². The Morgan fingerprint density at radius 1 is 1.69 bits per heavy atom. The Hall–Kier alpha value is -1.30. The number of amides is 1. The average molecular weight is 227 g/mol. The average Bonchev–Trinajstić information content (AvgIpc) is 2.30. The molecule has 1 saturated heterocycles. The summed E-state index contributed by atoms with van der Waals surface area (Å²) in [6.45, 7) is 6.14. The summed E-state index contributed by atoms with van der Waals surface area (Å²) in [7, 11) is 0. The number of nitrogens with two attached hydrogens (primary N) is 1. The maximum absolute atomic E-state index is 11.7. The Labute approximate surface area is 96.2 Å². The minimum Gasteiger partial charge on any atom is -0.353 e. The highest BCUT2D eigenvalue weighted by Gasteiger charge is 2.29. The molecular weight excluding hydrogens is 206 g/mol. The normalized spacial score (nSPS) is 21.9. The van der Waals surface area contributed by atoms with Crippen molar-refractivity contribution in [1.82, 2.24) is 15.6 Å². The van der Waals surface area contributed by atoms with Crippen molar-refractivity contribution >= 4 is 11.9 Å². The number of nitrogens with one attached hydrogen (secondary N) is 2. The van der Waals surface area contributed by atoms with E-state index in [9.17, 15) is 4.79 Å². The second kappa shape index (κ2) is 6.32. The summed E-state index contributed by atoms with van der Waals surface area (Å²) in [4.78, 5) is 17.9. The topological polar surface area (TPSA) is 82.8 Å². The zero-order valence-electron chi connectivity index (χ0n) is 9.99. The lowest BCUT2D eigenvalue weighted by atomic mass is 10.1. The number of guanidine groups is 1. The summed E-state index contributed by atoms with van der Waals surface area (Å²) in [5.41, 5.74) is 2.59. The van der Waals surface area contributed by atoms with E-state index in [1.165, 1.54) is 0 Å². The van der Waals surface area contributed by atoms with Crippen molar-refractivity contribution in [3.63, 3.8) is 0 Å². The van der Waals surface area contributed by atoms with Gasteiger partial charge in [-0.1, -0.05) is 13.8 Å². The Bertz CT molecular complexity index is 266. The van der Waals surface area contributed by atoms with E-state index < -0.39 is 0 Å². The monoisotopic (exact) mass is 227 g/mol. The van der Waals surface area contributed by atoms with Crippen molar-refractivity contribution in [3.8, 4) is 0 Å². The van der Waals surface area contributed by atoms with Crippen LogP contribution in [-0.4, -0.2) is 42.4 Å². The van der Waals surface area contributed by atoms with Gasteiger partial charge in [-0.3, -0.25) is 15.2 Å². The second-order valence-electron chi connectivity index (χ2n) is 3.76. The first kappa shape index (κ1) is 12.8. The van der Waals surface area contributed by atoms with Crippen LogP contribution in [0.25, 0.3) is 0 Å². The van der Waals surface area contributed by atoms with Crippen molar-refractivity contribution in [2.24, 2.45) is 10.8 Å². The molecule has 6 nitrogen and oxygen atoms in total. The maximum atomic E-state index is 11.7. The van der Waals surface area contributed by atoms with Crippen LogP contribution in [-0.2, 0) is 4.79 Å². The molecule has 0 aromatic heterocycles. The van der Waals surface area contributed by atoms with Gasteiger partial charge in [0.25, 0.3) is 0 Å². The third-order valence-corrected chi connectivity index (χ3v) is 2.60. The van der Waals surface area contributed by atoms with Gasteiger partial charge in [-0.2, -0.15) is 0 Å². The van der Waals surface area contributed by atoms with Crippen molar-refractivity contribution in [3.05, 3.63) is 0 Å².